The summed E-state index contributed by atoms with van der Waals surface area (Å²) in [6, 6.07) is 16.4. The van der Waals surface area contributed by atoms with Crippen LogP contribution in [-0.4, -0.2) is 77.8 Å². The molecule has 54 heavy (non-hydrogen) atoms. The highest BCUT2D eigenvalue weighted by Gasteiger charge is 2.39. The largest absolute Gasteiger partial charge is 0.490 e. The third-order valence-corrected chi connectivity index (χ3v) is 11.8. The number of likely N-dealkylation sites (N-methyl/N-ethyl adjacent to an activating group) is 1. The van der Waals surface area contributed by atoms with Crippen molar-refractivity contribution >= 4 is 55.7 Å². The van der Waals surface area contributed by atoms with E-state index < -0.39 is 39.1 Å². The summed E-state index contributed by atoms with van der Waals surface area (Å²) in [5.41, 5.74) is 9.02. The minimum Gasteiger partial charge on any atom is -0.475 e. The van der Waals surface area contributed by atoms with E-state index in [0.29, 0.717) is 66.2 Å². The van der Waals surface area contributed by atoms with Crippen LogP contribution in [-0.2, 0) is 32.4 Å². The summed E-state index contributed by atoms with van der Waals surface area (Å²) < 4.78 is 73.5. The van der Waals surface area contributed by atoms with Gasteiger partial charge in [-0.25, -0.2) is 27.4 Å². The SMILES string of the molecule is CN1Cc2cc(ccc2S(=O)(=O)C2CC2)NC(=O)N(CC2CC2)CCc2cccc(c2)C(Nc2ccc3c(N)ncc(F)c3c2)C1=O.O=C(O)C(F)(F)F. The van der Waals surface area contributed by atoms with Crippen molar-refractivity contribution in [2.75, 3.05) is 36.5 Å². The summed E-state index contributed by atoms with van der Waals surface area (Å²) in [6.07, 6.45) is -0.0754. The van der Waals surface area contributed by atoms with Gasteiger partial charge in [-0.3, -0.25) is 4.79 Å². The molecule has 3 aliphatic rings. The zero-order valence-corrected chi connectivity index (χ0v) is 29.9. The number of carbonyl (C=O) groups excluding carboxylic acids is 2. The molecule has 0 saturated heterocycles. The van der Waals surface area contributed by atoms with Gasteiger partial charge in [-0.05, 0) is 91.1 Å². The van der Waals surface area contributed by atoms with E-state index in [0.717, 1.165) is 24.6 Å². The molecule has 5 N–H and O–H groups in total. The van der Waals surface area contributed by atoms with E-state index in [2.05, 4.69) is 15.6 Å². The summed E-state index contributed by atoms with van der Waals surface area (Å²) in [5, 5.41) is 13.7. The maximum atomic E-state index is 14.8. The summed E-state index contributed by atoms with van der Waals surface area (Å²) in [7, 11) is -1.98. The Labute approximate surface area is 308 Å². The number of fused-ring (bicyclic) bond motifs is 5. The van der Waals surface area contributed by atoms with Crippen LogP contribution in [0, 0.1) is 11.7 Å². The fraction of sp³-hybridized carbons (Fsp3) is 0.351. The standard InChI is InChI=1S/C35H37FN6O4S.C2HF3O2/c1-41-20-24-16-25(8-12-31(24)47(45,46)27-9-10-27)40-35(44)42(19-22-5-6-22)14-13-21-3-2-4-23(15-21)32(34(41)43)39-26-7-11-28-29(17-26)30(36)18-38-33(28)37;3-2(4,5)1(6)7/h2-4,7-8,11-12,15-18,22,27,32,39H,5-6,9-10,13-14,19-20H2,1H3,(H2,37,38)(H,40,44);(H,6,7). The molecular formula is C37H38F4N6O6S. The minimum atomic E-state index is -5.08. The molecule has 2 saturated carbocycles. The molecule has 2 fully saturated rings. The van der Waals surface area contributed by atoms with Gasteiger partial charge >= 0.3 is 18.2 Å². The Morgan fingerprint density at radius 3 is 2.43 bits per heavy atom. The number of pyridine rings is 1. The van der Waals surface area contributed by atoms with Gasteiger partial charge in [0, 0.05) is 48.8 Å². The van der Waals surface area contributed by atoms with E-state index in [-0.39, 0.29) is 34.6 Å². The molecule has 2 heterocycles. The maximum absolute atomic E-state index is 14.8. The van der Waals surface area contributed by atoms with E-state index in [1.807, 2.05) is 29.2 Å². The highest BCUT2D eigenvalue weighted by Crippen LogP contribution is 2.37. The van der Waals surface area contributed by atoms with Gasteiger partial charge in [0.05, 0.1) is 16.3 Å². The molecule has 7 rings (SSSR count). The lowest BCUT2D eigenvalue weighted by Crippen LogP contribution is -2.38. The first-order valence-electron chi connectivity index (χ1n) is 17.2. The Morgan fingerprint density at radius 1 is 1.04 bits per heavy atom. The third kappa shape index (κ3) is 8.84. The van der Waals surface area contributed by atoms with Crippen molar-refractivity contribution in [2.24, 2.45) is 5.92 Å². The minimum absolute atomic E-state index is 0.0119. The number of benzene rings is 3. The van der Waals surface area contributed by atoms with Crippen molar-refractivity contribution < 1.29 is 45.5 Å². The van der Waals surface area contributed by atoms with Crippen LogP contribution in [0.25, 0.3) is 10.8 Å². The molecule has 1 aliphatic heterocycles. The van der Waals surface area contributed by atoms with Crippen LogP contribution in [0.3, 0.4) is 0 Å². The van der Waals surface area contributed by atoms with E-state index in [1.165, 1.54) is 4.90 Å². The van der Waals surface area contributed by atoms with Crippen molar-refractivity contribution in [1.82, 2.24) is 14.8 Å². The van der Waals surface area contributed by atoms with Crippen molar-refractivity contribution in [2.45, 2.75) is 61.0 Å². The molecule has 0 radical (unpaired) electrons. The number of urea groups is 1. The van der Waals surface area contributed by atoms with Gasteiger partial charge in [-0.15, -0.1) is 0 Å². The van der Waals surface area contributed by atoms with Gasteiger partial charge in [0.2, 0.25) is 5.91 Å². The number of aromatic nitrogens is 1. The van der Waals surface area contributed by atoms with Crippen LogP contribution in [0.2, 0.25) is 0 Å². The van der Waals surface area contributed by atoms with Gasteiger partial charge in [-0.1, -0.05) is 24.3 Å². The molecule has 1 aromatic heterocycles. The molecule has 3 amide bonds. The van der Waals surface area contributed by atoms with Crippen molar-refractivity contribution in [3.8, 4) is 0 Å². The first-order chi connectivity index (χ1) is 25.5. The van der Waals surface area contributed by atoms with Crippen LogP contribution in [0.4, 0.5) is 39.5 Å². The number of sulfone groups is 1. The van der Waals surface area contributed by atoms with Crippen LogP contribution >= 0.6 is 0 Å². The second-order valence-electron chi connectivity index (χ2n) is 13.7. The van der Waals surface area contributed by atoms with Crippen molar-refractivity contribution in [1.29, 1.82) is 0 Å². The first-order valence-corrected chi connectivity index (χ1v) is 18.7. The van der Waals surface area contributed by atoms with E-state index in [1.54, 1.807) is 43.4 Å². The monoisotopic (exact) mass is 770 g/mol. The summed E-state index contributed by atoms with van der Waals surface area (Å²) in [4.78, 5) is 44.1. The number of anilines is 3. The number of carboxylic acids is 1. The number of hydrogen-bond donors (Lipinski definition) is 4. The first kappa shape index (κ1) is 38.3. The molecule has 286 valence electrons. The third-order valence-electron chi connectivity index (χ3n) is 9.45. The molecule has 1 unspecified atom stereocenters. The Balaban J connectivity index is 0.000000649. The van der Waals surface area contributed by atoms with Crippen molar-refractivity contribution in [3.63, 3.8) is 0 Å². The Morgan fingerprint density at radius 2 is 1.76 bits per heavy atom. The summed E-state index contributed by atoms with van der Waals surface area (Å²) in [6.45, 7) is 1.09. The number of nitrogen functional groups attached to an aromatic ring is 1. The second-order valence-corrected chi connectivity index (χ2v) is 15.9. The quantitative estimate of drug-likeness (QED) is 0.168. The number of aliphatic carboxylic acids is 1. The summed E-state index contributed by atoms with van der Waals surface area (Å²) >= 11 is 0. The number of hydrogen-bond acceptors (Lipinski definition) is 8. The van der Waals surface area contributed by atoms with Crippen LogP contribution in [0.5, 0.6) is 0 Å². The van der Waals surface area contributed by atoms with E-state index >= 15 is 0 Å². The van der Waals surface area contributed by atoms with Crippen LogP contribution in [0.15, 0.2) is 71.8 Å². The highest BCUT2D eigenvalue weighted by atomic mass is 32.2. The topological polar surface area (TPSA) is 175 Å². The predicted molar refractivity (Wildman–Crippen MR) is 193 cm³/mol. The number of carboxylic acid groups (broad SMARTS) is 1. The van der Waals surface area contributed by atoms with Crippen LogP contribution < -0.4 is 16.4 Å². The number of nitrogens with one attached hydrogen (secondary N) is 2. The lowest BCUT2D eigenvalue weighted by atomic mass is 10.00. The number of alkyl halides is 3. The molecule has 17 heteroatoms. The number of halogens is 4. The number of nitrogens with two attached hydrogens (primary N) is 1. The molecule has 1 atom stereocenters. The van der Waals surface area contributed by atoms with Gasteiger partial charge in [0.15, 0.2) is 9.84 Å². The predicted octanol–water partition coefficient (Wildman–Crippen LogP) is 6.14. The average molecular weight is 771 g/mol. The normalized spacial score (nSPS) is 18.2. The lowest BCUT2D eigenvalue weighted by Gasteiger charge is -2.27. The van der Waals surface area contributed by atoms with Gasteiger partial charge in [0.25, 0.3) is 0 Å². The fourth-order valence-electron chi connectivity index (χ4n) is 6.23. The molecule has 4 aromatic rings. The lowest BCUT2D eigenvalue weighted by molar-refractivity contribution is -0.192. The zero-order chi connectivity index (χ0) is 38.9. The van der Waals surface area contributed by atoms with Gasteiger partial charge in [-0.2, -0.15) is 13.2 Å². The van der Waals surface area contributed by atoms with Gasteiger partial charge < -0.3 is 31.3 Å². The Hall–Kier alpha value is -5.45. The Bertz CT molecular complexity index is 2210. The second kappa shape index (κ2) is 15.1. The van der Waals surface area contributed by atoms with Crippen LogP contribution in [0.1, 0.15) is 48.4 Å². The number of nitrogens with zero attached hydrogens (tertiary/aromatic N) is 3. The highest BCUT2D eigenvalue weighted by molar-refractivity contribution is 7.92. The Kier molecular flexibility index (Phi) is 10.7. The average Bonchev–Trinajstić information content (AvgIpc) is 4.05. The van der Waals surface area contributed by atoms with Crippen molar-refractivity contribution in [3.05, 3.63) is 89.4 Å². The fourth-order valence-corrected chi connectivity index (χ4v) is 8.09. The molecule has 12 nitrogen and oxygen atoms in total. The van der Waals surface area contributed by atoms with Gasteiger partial charge in [0.1, 0.15) is 17.7 Å². The number of carbonyl (C=O) groups is 3. The number of rotatable bonds is 6. The smallest absolute Gasteiger partial charge is 0.475 e. The molecule has 2 aliphatic carbocycles. The molecular weight excluding hydrogens is 733 g/mol. The zero-order valence-electron chi connectivity index (χ0n) is 29.1. The molecule has 4 bridgehead atoms. The van der Waals surface area contributed by atoms with E-state index in [9.17, 15) is 35.6 Å². The molecule has 0 spiro atoms. The summed E-state index contributed by atoms with van der Waals surface area (Å²) in [5.74, 6) is -2.94. The molecule has 3 aromatic carbocycles. The number of amides is 3. The van der Waals surface area contributed by atoms with E-state index in [4.69, 9.17) is 15.6 Å². The maximum Gasteiger partial charge on any atom is 0.490 e.